The molecule has 2 aromatic carbocycles. The summed E-state index contributed by atoms with van der Waals surface area (Å²) in [5, 5.41) is 17.3. The Morgan fingerprint density at radius 2 is 1.86 bits per heavy atom. The van der Waals surface area contributed by atoms with Crippen molar-refractivity contribution in [3.63, 3.8) is 0 Å². The largest absolute Gasteiger partial charge is 0.380 e. The Labute approximate surface area is 246 Å². The predicted octanol–water partition coefficient (Wildman–Crippen LogP) is 2.94. The first-order valence-corrected chi connectivity index (χ1v) is 15.5. The van der Waals surface area contributed by atoms with E-state index in [-0.39, 0.29) is 23.4 Å². The second-order valence-electron chi connectivity index (χ2n) is 11.2. The smallest absolute Gasteiger partial charge is 0.258 e. The maximum atomic E-state index is 13.8. The Hall–Kier alpha value is -3.39. The minimum absolute atomic E-state index is 0.0541. The first-order chi connectivity index (χ1) is 20.3. The van der Waals surface area contributed by atoms with Gasteiger partial charge in [0.15, 0.2) is 5.82 Å². The van der Waals surface area contributed by atoms with Gasteiger partial charge in [0.2, 0.25) is 0 Å². The number of anilines is 3. The van der Waals surface area contributed by atoms with E-state index in [9.17, 15) is 17.8 Å². The number of amides is 1. The minimum atomic E-state index is -1.78. The highest BCUT2D eigenvalue weighted by Crippen LogP contribution is 2.30. The molecule has 2 fully saturated rings. The second-order valence-corrected chi connectivity index (χ2v) is 12.6. The van der Waals surface area contributed by atoms with Crippen LogP contribution < -0.4 is 20.9 Å². The average Bonchev–Trinajstić information content (AvgIpc) is 3.39. The molecule has 42 heavy (non-hydrogen) atoms. The summed E-state index contributed by atoms with van der Waals surface area (Å²) in [6.07, 6.45) is 2.59. The number of carbonyl (C=O) groups excluding carboxylic acids is 1. The van der Waals surface area contributed by atoms with Crippen molar-refractivity contribution < 1.29 is 17.8 Å². The molecule has 3 aliphatic rings. The molecule has 224 valence electrons. The van der Waals surface area contributed by atoms with Crippen LogP contribution in [0.4, 0.5) is 26.0 Å². The van der Waals surface area contributed by atoms with Crippen LogP contribution in [0.3, 0.4) is 0 Å². The maximum absolute atomic E-state index is 13.8. The maximum Gasteiger partial charge on any atom is 0.258 e. The fraction of sp³-hybridized carbons (Fsp3) is 0.448. The van der Waals surface area contributed by atoms with Gasteiger partial charge in [-0.1, -0.05) is 0 Å². The van der Waals surface area contributed by atoms with Crippen molar-refractivity contribution in [2.75, 3.05) is 68.4 Å². The highest BCUT2D eigenvalue weighted by Gasteiger charge is 2.28. The van der Waals surface area contributed by atoms with E-state index in [1.807, 2.05) is 12.1 Å². The fourth-order valence-electron chi connectivity index (χ4n) is 5.77. The quantitative estimate of drug-likeness (QED) is 0.331. The average molecular weight is 599 g/mol. The number of hydrogen-bond donors (Lipinski definition) is 4. The van der Waals surface area contributed by atoms with E-state index in [1.54, 1.807) is 4.31 Å². The lowest BCUT2D eigenvalue weighted by Gasteiger charge is -2.34. The van der Waals surface area contributed by atoms with Crippen molar-refractivity contribution >= 4 is 34.1 Å². The number of rotatable bonds is 7. The number of carbonyl (C=O) groups is 1. The molecule has 13 heteroatoms. The van der Waals surface area contributed by atoms with E-state index in [0.29, 0.717) is 29.9 Å². The molecule has 10 nitrogen and oxygen atoms in total. The lowest BCUT2D eigenvalue weighted by molar-refractivity contribution is 0.102. The Bertz CT molecular complexity index is 1450. The van der Waals surface area contributed by atoms with Gasteiger partial charge in [0.05, 0.1) is 10.5 Å². The van der Waals surface area contributed by atoms with Crippen molar-refractivity contribution in [1.82, 2.24) is 24.7 Å². The zero-order valence-electron chi connectivity index (χ0n) is 23.6. The normalized spacial score (nSPS) is 20.6. The predicted molar refractivity (Wildman–Crippen MR) is 159 cm³/mol. The van der Waals surface area contributed by atoms with Gasteiger partial charge in [0, 0.05) is 87.0 Å². The fourth-order valence-corrected chi connectivity index (χ4v) is 7.00. The molecule has 0 saturated carbocycles. The van der Waals surface area contributed by atoms with Crippen LogP contribution in [0.5, 0.6) is 0 Å². The van der Waals surface area contributed by atoms with Gasteiger partial charge in [0.25, 0.3) is 5.91 Å². The molecule has 2 atom stereocenters. The van der Waals surface area contributed by atoms with Crippen LogP contribution in [0.15, 0.2) is 41.3 Å². The first kappa shape index (κ1) is 28.7. The topological polar surface area (TPSA) is 109 Å². The molecular weight excluding hydrogens is 562 g/mol. The van der Waals surface area contributed by atoms with E-state index < -0.39 is 22.6 Å². The third-order valence-electron chi connectivity index (χ3n) is 8.18. The molecule has 4 N–H and O–H groups in total. The number of benzene rings is 2. The van der Waals surface area contributed by atoms with Gasteiger partial charge in [-0.25, -0.2) is 17.3 Å². The molecule has 2 unspecified atom stereocenters. The van der Waals surface area contributed by atoms with E-state index in [0.717, 1.165) is 87.4 Å². The summed E-state index contributed by atoms with van der Waals surface area (Å²) in [6.45, 7) is 6.24. The molecule has 3 aliphatic heterocycles. The summed E-state index contributed by atoms with van der Waals surface area (Å²) in [7, 11) is 0.346. The molecule has 0 radical (unpaired) electrons. The number of fused-ring (bicyclic) bond motifs is 1. The van der Waals surface area contributed by atoms with Crippen LogP contribution in [-0.4, -0.2) is 88.4 Å². The Morgan fingerprint density at radius 3 is 2.60 bits per heavy atom. The molecule has 1 amide bonds. The highest BCUT2D eigenvalue weighted by molar-refractivity contribution is 7.82. The number of hydrogen-bond acceptors (Lipinski definition) is 7. The number of H-pyrrole nitrogens is 1. The lowest BCUT2D eigenvalue weighted by Crippen LogP contribution is -2.44. The standard InChI is InChI=1S/C29H36F2N8O2S/c1-37-9-11-38(12-10-37)22-4-5-24(27(16-22)33-21-3-2-7-32-17-21)29(40)34-28-25-18-39(8-6-26(25)35-36-28)42(41)23-14-19(30)13-20(31)15-23/h4-5,13-16,21,32-33H,2-3,6-12,17-18H2,1H3,(H2,34,35,36,40). The van der Waals surface area contributed by atoms with E-state index in [4.69, 9.17) is 0 Å². The summed E-state index contributed by atoms with van der Waals surface area (Å²) >= 11 is 0. The summed E-state index contributed by atoms with van der Waals surface area (Å²) in [4.78, 5) is 18.4. The van der Waals surface area contributed by atoms with Gasteiger partial charge in [-0.05, 0) is 56.8 Å². The number of nitrogens with one attached hydrogen (secondary N) is 4. The van der Waals surface area contributed by atoms with E-state index in [1.165, 1.54) is 0 Å². The van der Waals surface area contributed by atoms with Crippen molar-refractivity contribution in [3.8, 4) is 0 Å². The summed E-state index contributed by atoms with van der Waals surface area (Å²) in [6, 6.07) is 9.04. The molecule has 6 rings (SSSR count). The van der Waals surface area contributed by atoms with Gasteiger partial charge in [0.1, 0.15) is 22.6 Å². The summed E-state index contributed by atoms with van der Waals surface area (Å²) in [5.41, 5.74) is 3.91. The van der Waals surface area contributed by atoms with Crippen LogP contribution in [0, 0.1) is 11.6 Å². The molecule has 0 aliphatic carbocycles. The van der Waals surface area contributed by atoms with Crippen molar-refractivity contribution in [3.05, 3.63) is 64.9 Å². The van der Waals surface area contributed by atoms with Gasteiger partial charge < -0.3 is 25.8 Å². The number of aromatic nitrogens is 2. The number of piperazine rings is 1. The second kappa shape index (κ2) is 12.5. The zero-order valence-corrected chi connectivity index (χ0v) is 24.4. The van der Waals surface area contributed by atoms with Gasteiger partial charge in [-0.2, -0.15) is 5.10 Å². The van der Waals surface area contributed by atoms with Crippen molar-refractivity contribution in [1.29, 1.82) is 0 Å². The first-order valence-electron chi connectivity index (χ1n) is 14.4. The molecule has 3 aromatic rings. The number of nitrogens with zero attached hydrogens (tertiary/aromatic N) is 4. The van der Waals surface area contributed by atoms with E-state index >= 15 is 0 Å². The molecule has 0 spiro atoms. The number of aromatic amines is 1. The number of piperidine rings is 1. The monoisotopic (exact) mass is 598 g/mol. The van der Waals surface area contributed by atoms with Crippen LogP contribution >= 0.6 is 0 Å². The molecular formula is C29H36F2N8O2S. The molecule has 2 saturated heterocycles. The third-order valence-corrected chi connectivity index (χ3v) is 9.59. The SMILES string of the molecule is CN1CCN(c2ccc(C(=O)Nc3n[nH]c4c3CN(S(=O)c3cc(F)cc(F)c3)CC4)c(NC3CCCNC3)c2)CC1. The minimum Gasteiger partial charge on any atom is -0.380 e. The third kappa shape index (κ3) is 6.33. The Balaban J connectivity index is 1.22. The van der Waals surface area contributed by atoms with Crippen molar-refractivity contribution in [2.45, 2.75) is 36.7 Å². The Kier molecular flexibility index (Phi) is 8.52. The molecule has 4 heterocycles. The number of halogens is 2. The zero-order chi connectivity index (χ0) is 29.2. The van der Waals surface area contributed by atoms with Crippen molar-refractivity contribution in [2.24, 2.45) is 0 Å². The lowest BCUT2D eigenvalue weighted by atomic mass is 10.0. The summed E-state index contributed by atoms with van der Waals surface area (Å²) < 4.78 is 42.3. The van der Waals surface area contributed by atoms with Crippen LogP contribution in [0.1, 0.15) is 34.5 Å². The van der Waals surface area contributed by atoms with Crippen LogP contribution in [0.2, 0.25) is 0 Å². The van der Waals surface area contributed by atoms with Gasteiger partial charge in [-0.15, -0.1) is 0 Å². The molecule has 1 aromatic heterocycles. The highest BCUT2D eigenvalue weighted by atomic mass is 32.2. The van der Waals surface area contributed by atoms with Crippen LogP contribution in [0.25, 0.3) is 0 Å². The van der Waals surface area contributed by atoms with E-state index in [2.05, 4.69) is 49.1 Å². The molecule has 0 bridgehead atoms. The van der Waals surface area contributed by atoms with Crippen LogP contribution in [-0.2, 0) is 24.0 Å². The number of likely N-dealkylation sites (N-methyl/N-ethyl adjacent to an activating group) is 1. The van der Waals surface area contributed by atoms with Gasteiger partial charge >= 0.3 is 0 Å². The van der Waals surface area contributed by atoms with Gasteiger partial charge in [-0.3, -0.25) is 9.89 Å². The summed E-state index contributed by atoms with van der Waals surface area (Å²) in [5.74, 6) is -1.50. The Morgan fingerprint density at radius 1 is 1.07 bits per heavy atom.